The zero-order valence-electron chi connectivity index (χ0n) is 17.3. The van der Waals surface area contributed by atoms with Gasteiger partial charge in [0.15, 0.2) is 0 Å². The summed E-state index contributed by atoms with van der Waals surface area (Å²) >= 11 is 5.98. The van der Waals surface area contributed by atoms with E-state index in [0.717, 1.165) is 35.4 Å². The average Bonchev–Trinajstić information content (AvgIpc) is 3.21. The lowest BCUT2D eigenvalue weighted by Crippen LogP contribution is -2.37. The molecule has 1 heterocycles. The third-order valence-electron chi connectivity index (χ3n) is 5.09. The smallest absolute Gasteiger partial charge is 0.145 e. The van der Waals surface area contributed by atoms with Crippen LogP contribution in [-0.4, -0.2) is 48.1 Å². The van der Waals surface area contributed by atoms with Crippen molar-refractivity contribution in [3.63, 3.8) is 0 Å². The molecule has 2 aromatic rings. The van der Waals surface area contributed by atoms with Gasteiger partial charge in [-0.15, -0.1) is 6.58 Å². The number of methoxy groups -OCH3 is 1. The van der Waals surface area contributed by atoms with Crippen molar-refractivity contribution in [2.24, 2.45) is 5.16 Å². The monoisotopic (exact) mass is 428 g/mol. The largest absolute Gasteiger partial charge is 0.497 e. The molecule has 0 bridgehead atoms. The minimum Gasteiger partial charge on any atom is -0.497 e. The van der Waals surface area contributed by atoms with Crippen LogP contribution < -0.4 is 4.74 Å². The highest BCUT2D eigenvalue weighted by Crippen LogP contribution is 2.21. The van der Waals surface area contributed by atoms with Crippen molar-refractivity contribution in [3.05, 3.63) is 77.3 Å². The van der Waals surface area contributed by atoms with E-state index in [0.29, 0.717) is 31.1 Å². The summed E-state index contributed by atoms with van der Waals surface area (Å²) < 4.78 is 5.34. The topological polar surface area (TPSA) is 54.3 Å². The van der Waals surface area contributed by atoms with Gasteiger partial charge in [0.05, 0.1) is 18.9 Å². The molecule has 0 aromatic heterocycles. The SMILES string of the molecule is C=CCC[C@H](O)CN(Cc1cccc(OC)c1)C[C@@H]1CC(c2ccc(Cl)cc2)=NO1. The fourth-order valence-electron chi connectivity index (χ4n) is 3.56. The predicted octanol–water partition coefficient (Wildman–Crippen LogP) is 4.67. The van der Waals surface area contributed by atoms with Gasteiger partial charge in [0, 0.05) is 31.1 Å². The van der Waals surface area contributed by atoms with Gasteiger partial charge in [0.1, 0.15) is 11.9 Å². The van der Waals surface area contributed by atoms with Crippen molar-refractivity contribution in [3.8, 4) is 5.75 Å². The van der Waals surface area contributed by atoms with Gasteiger partial charge in [-0.25, -0.2) is 0 Å². The Hall–Kier alpha value is -2.34. The lowest BCUT2D eigenvalue weighted by Gasteiger charge is -2.27. The van der Waals surface area contributed by atoms with E-state index >= 15 is 0 Å². The van der Waals surface area contributed by atoms with E-state index in [-0.39, 0.29) is 6.10 Å². The van der Waals surface area contributed by atoms with Crippen molar-refractivity contribution in [2.75, 3.05) is 20.2 Å². The number of ether oxygens (including phenoxy) is 1. The summed E-state index contributed by atoms with van der Waals surface area (Å²) in [6.45, 7) is 5.66. The summed E-state index contributed by atoms with van der Waals surface area (Å²) in [6, 6.07) is 15.6. The Labute approximate surface area is 183 Å². The maximum Gasteiger partial charge on any atom is 0.145 e. The van der Waals surface area contributed by atoms with Crippen LogP contribution in [0.2, 0.25) is 5.02 Å². The van der Waals surface area contributed by atoms with Gasteiger partial charge in [-0.3, -0.25) is 4.90 Å². The second-order valence-electron chi connectivity index (χ2n) is 7.54. The molecular formula is C24H29ClN2O3. The Kier molecular flexibility index (Phi) is 8.31. The van der Waals surface area contributed by atoms with Crippen LogP contribution in [0.3, 0.4) is 0 Å². The zero-order valence-corrected chi connectivity index (χ0v) is 18.1. The van der Waals surface area contributed by atoms with Crippen LogP contribution in [0.15, 0.2) is 66.3 Å². The molecule has 0 amide bonds. The molecule has 0 spiro atoms. The molecule has 1 aliphatic heterocycles. The Morgan fingerprint density at radius 1 is 1.33 bits per heavy atom. The summed E-state index contributed by atoms with van der Waals surface area (Å²) in [5.41, 5.74) is 3.07. The minimum atomic E-state index is -0.424. The number of aliphatic hydroxyl groups is 1. The molecule has 0 unspecified atom stereocenters. The molecule has 2 aromatic carbocycles. The van der Waals surface area contributed by atoms with Gasteiger partial charge in [0.25, 0.3) is 0 Å². The van der Waals surface area contributed by atoms with Gasteiger partial charge < -0.3 is 14.7 Å². The third kappa shape index (κ3) is 6.59. The number of halogens is 1. The molecule has 1 aliphatic rings. The van der Waals surface area contributed by atoms with E-state index in [2.05, 4.69) is 22.7 Å². The van der Waals surface area contributed by atoms with E-state index < -0.39 is 6.10 Å². The first-order chi connectivity index (χ1) is 14.6. The first-order valence-corrected chi connectivity index (χ1v) is 10.6. The number of aliphatic hydroxyl groups excluding tert-OH is 1. The first-order valence-electron chi connectivity index (χ1n) is 10.2. The second-order valence-corrected chi connectivity index (χ2v) is 7.98. The van der Waals surface area contributed by atoms with Crippen LogP contribution in [0.1, 0.15) is 30.4 Å². The number of benzene rings is 2. The fourth-order valence-corrected chi connectivity index (χ4v) is 3.69. The summed E-state index contributed by atoms with van der Waals surface area (Å²) in [4.78, 5) is 7.93. The highest BCUT2D eigenvalue weighted by molar-refractivity contribution is 6.30. The maximum atomic E-state index is 10.5. The fraction of sp³-hybridized carbons (Fsp3) is 0.375. The molecule has 30 heavy (non-hydrogen) atoms. The van der Waals surface area contributed by atoms with Crippen molar-refractivity contribution in [1.82, 2.24) is 4.90 Å². The average molecular weight is 429 g/mol. The van der Waals surface area contributed by atoms with Gasteiger partial charge in [-0.05, 0) is 48.2 Å². The van der Waals surface area contributed by atoms with Crippen molar-refractivity contribution < 1.29 is 14.7 Å². The van der Waals surface area contributed by atoms with Crippen LogP contribution in [0.5, 0.6) is 5.75 Å². The Balaban J connectivity index is 1.64. The van der Waals surface area contributed by atoms with Gasteiger partial charge >= 0.3 is 0 Å². The van der Waals surface area contributed by atoms with Crippen molar-refractivity contribution in [1.29, 1.82) is 0 Å². The first kappa shape index (κ1) is 22.3. The van der Waals surface area contributed by atoms with Crippen LogP contribution in [-0.2, 0) is 11.4 Å². The van der Waals surface area contributed by atoms with E-state index in [1.54, 1.807) is 7.11 Å². The Morgan fingerprint density at radius 2 is 2.13 bits per heavy atom. The number of hydrogen-bond acceptors (Lipinski definition) is 5. The van der Waals surface area contributed by atoms with E-state index in [1.807, 2.05) is 48.5 Å². The summed E-state index contributed by atoms with van der Waals surface area (Å²) in [5.74, 6) is 0.824. The van der Waals surface area contributed by atoms with Crippen LogP contribution in [0.25, 0.3) is 0 Å². The molecule has 160 valence electrons. The Bertz CT molecular complexity index is 854. The third-order valence-corrected chi connectivity index (χ3v) is 5.34. The summed E-state index contributed by atoms with van der Waals surface area (Å²) in [6.07, 6.45) is 3.55. The number of allylic oxidation sites excluding steroid dienone is 1. The van der Waals surface area contributed by atoms with E-state index in [1.165, 1.54) is 0 Å². The summed E-state index contributed by atoms with van der Waals surface area (Å²) in [7, 11) is 1.66. The molecule has 0 radical (unpaired) electrons. The second kappa shape index (κ2) is 11.2. The molecule has 5 nitrogen and oxygen atoms in total. The van der Waals surface area contributed by atoms with Crippen molar-refractivity contribution >= 4 is 17.3 Å². The van der Waals surface area contributed by atoms with Crippen LogP contribution in [0.4, 0.5) is 0 Å². The molecular weight excluding hydrogens is 400 g/mol. The lowest BCUT2D eigenvalue weighted by atomic mass is 10.0. The summed E-state index contributed by atoms with van der Waals surface area (Å²) in [5, 5.41) is 15.4. The van der Waals surface area contributed by atoms with Gasteiger partial charge in [-0.2, -0.15) is 0 Å². The number of oxime groups is 1. The highest BCUT2D eigenvalue weighted by atomic mass is 35.5. The standard InChI is InChI=1S/C24H29ClN2O3/c1-3-4-7-21(28)16-27(15-18-6-5-8-22(13-18)29-2)17-23-14-24(26-30-23)19-9-11-20(25)12-10-19/h3,5-6,8-13,21,23,28H,1,4,7,14-17H2,2H3/t21-,23-/m0/s1. The molecule has 2 atom stereocenters. The van der Waals surface area contributed by atoms with Gasteiger partial charge in [0.2, 0.25) is 0 Å². The normalized spacial score (nSPS) is 16.8. The molecule has 0 aliphatic carbocycles. The number of hydrogen-bond donors (Lipinski definition) is 1. The molecule has 0 saturated heterocycles. The van der Waals surface area contributed by atoms with E-state index in [9.17, 15) is 5.11 Å². The lowest BCUT2D eigenvalue weighted by molar-refractivity contribution is 0.0308. The van der Waals surface area contributed by atoms with Gasteiger partial charge in [-0.1, -0.05) is 47.1 Å². The van der Waals surface area contributed by atoms with E-state index in [4.69, 9.17) is 21.2 Å². The molecule has 3 rings (SSSR count). The molecule has 0 saturated carbocycles. The number of nitrogens with zero attached hydrogens (tertiary/aromatic N) is 2. The number of rotatable bonds is 11. The highest BCUT2D eigenvalue weighted by Gasteiger charge is 2.25. The maximum absolute atomic E-state index is 10.5. The van der Waals surface area contributed by atoms with Crippen LogP contribution >= 0.6 is 11.6 Å². The molecule has 6 heteroatoms. The van der Waals surface area contributed by atoms with Crippen molar-refractivity contribution in [2.45, 2.75) is 38.0 Å². The predicted molar refractivity (Wildman–Crippen MR) is 121 cm³/mol. The molecule has 0 fully saturated rings. The molecule has 1 N–H and O–H groups in total. The van der Waals surface area contributed by atoms with Crippen LogP contribution in [0, 0.1) is 0 Å². The Morgan fingerprint density at radius 3 is 2.87 bits per heavy atom. The quantitative estimate of drug-likeness (QED) is 0.528. The minimum absolute atomic E-state index is 0.0621. The zero-order chi connectivity index (χ0) is 21.3.